The first kappa shape index (κ1) is 19.6. The van der Waals surface area contributed by atoms with E-state index in [0.29, 0.717) is 45.1 Å². The van der Waals surface area contributed by atoms with Crippen molar-refractivity contribution in [3.05, 3.63) is 36.0 Å². The summed E-state index contributed by atoms with van der Waals surface area (Å²) in [6.45, 7) is 10.7. The van der Waals surface area contributed by atoms with Gasteiger partial charge >= 0.3 is 0 Å². The monoisotopic (exact) mass is 296 g/mol. The van der Waals surface area contributed by atoms with E-state index < -0.39 is 0 Å². The molecule has 0 radical (unpaired) electrons. The highest BCUT2D eigenvalue weighted by molar-refractivity contribution is 5.96. The molecule has 0 rings (SSSR count). The molecule has 0 aromatic carbocycles. The largest absolute Gasteiger partial charge is 0.378 e. The van der Waals surface area contributed by atoms with Gasteiger partial charge in [-0.25, -0.2) is 0 Å². The summed E-state index contributed by atoms with van der Waals surface area (Å²) in [4.78, 5) is 11.9. The third-order valence-corrected chi connectivity index (χ3v) is 2.69. The summed E-state index contributed by atoms with van der Waals surface area (Å²) in [5.41, 5.74) is 6.90. The number of ether oxygens (including phenoxy) is 2. The topological polar surface area (TPSA) is 73.6 Å². The van der Waals surface area contributed by atoms with Crippen LogP contribution in [0, 0.1) is 0 Å². The molecule has 5 heteroatoms. The predicted octanol–water partition coefficient (Wildman–Crippen LogP) is 1.56. The van der Waals surface area contributed by atoms with E-state index in [1.54, 1.807) is 12.2 Å². The van der Waals surface area contributed by atoms with Crippen molar-refractivity contribution in [1.29, 1.82) is 0 Å². The molecule has 3 N–H and O–H groups in total. The van der Waals surface area contributed by atoms with Gasteiger partial charge in [-0.1, -0.05) is 31.2 Å². The molecular formula is C16H28N2O3. The van der Waals surface area contributed by atoms with E-state index in [4.69, 9.17) is 15.2 Å². The second-order valence-corrected chi connectivity index (χ2v) is 4.36. The molecule has 0 aromatic heterocycles. The van der Waals surface area contributed by atoms with Crippen LogP contribution < -0.4 is 11.1 Å². The molecule has 0 aliphatic rings. The Labute approximate surface area is 127 Å². The molecular weight excluding hydrogens is 268 g/mol. The number of hydrogen-bond acceptors (Lipinski definition) is 4. The molecule has 0 spiro atoms. The van der Waals surface area contributed by atoms with Crippen molar-refractivity contribution in [3.8, 4) is 0 Å². The zero-order valence-electron chi connectivity index (χ0n) is 13.2. The lowest BCUT2D eigenvalue weighted by molar-refractivity contribution is -0.117. The van der Waals surface area contributed by atoms with Crippen LogP contribution in [-0.2, 0) is 14.3 Å². The lowest BCUT2D eigenvalue weighted by Crippen LogP contribution is -2.28. The second kappa shape index (κ2) is 13.5. The molecule has 0 aliphatic heterocycles. The summed E-state index contributed by atoms with van der Waals surface area (Å²) in [7, 11) is 0. The highest BCUT2D eigenvalue weighted by Gasteiger charge is 2.04. The maximum Gasteiger partial charge on any atom is 0.251 e. The normalized spacial score (nSPS) is 11.9. The van der Waals surface area contributed by atoms with E-state index in [1.165, 1.54) is 0 Å². The molecule has 0 saturated carbocycles. The second-order valence-electron chi connectivity index (χ2n) is 4.36. The molecule has 0 aromatic rings. The van der Waals surface area contributed by atoms with E-state index >= 15 is 0 Å². The highest BCUT2D eigenvalue weighted by atomic mass is 16.5. The number of carbonyl (C=O) groups excluding carboxylic acids is 1. The molecule has 0 fully saturated rings. The summed E-state index contributed by atoms with van der Waals surface area (Å²) in [5.74, 6) is -0.111. The average Bonchev–Trinajstić information content (AvgIpc) is 2.50. The van der Waals surface area contributed by atoms with Crippen LogP contribution in [0.1, 0.15) is 20.3 Å². The number of hydrogen-bond donors (Lipinski definition) is 2. The molecule has 0 atom stereocenters. The minimum absolute atomic E-state index is 0.111. The van der Waals surface area contributed by atoms with Gasteiger partial charge in [-0.05, 0) is 19.4 Å². The van der Waals surface area contributed by atoms with Crippen LogP contribution in [0.25, 0.3) is 0 Å². The van der Waals surface area contributed by atoms with Gasteiger partial charge in [0.15, 0.2) is 0 Å². The van der Waals surface area contributed by atoms with Gasteiger partial charge in [-0.3, -0.25) is 4.79 Å². The molecule has 21 heavy (non-hydrogen) atoms. The molecule has 1 amide bonds. The Morgan fingerprint density at radius 1 is 1.19 bits per heavy atom. The first-order valence-electron chi connectivity index (χ1n) is 7.31. The summed E-state index contributed by atoms with van der Waals surface area (Å²) >= 11 is 0. The number of rotatable bonds is 12. The minimum atomic E-state index is -0.111. The van der Waals surface area contributed by atoms with Gasteiger partial charge in [-0.2, -0.15) is 0 Å². The zero-order chi connectivity index (χ0) is 15.9. The lowest BCUT2D eigenvalue weighted by atomic mass is 10.1. The molecule has 0 saturated heterocycles. The molecule has 0 aliphatic carbocycles. The quantitative estimate of drug-likeness (QED) is 0.326. The number of nitrogens with one attached hydrogen (secondary N) is 1. The van der Waals surface area contributed by atoms with Crippen LogP contribution in [0.15, 0.2) is 36.0 Å². The Morgan fingerprint density at radius 2 is 1.86 bits per heavy atom. The maximum absolute atomic E-state index is 11.9. The van der Waals surface area contributed by atoms with E-state index in [2.05, 4.69) is 11.9 Å². The fraction of sp³-hybridized carbons (Fsp3) is 0.562. The zero-order valence-corrected chi connectivity index (χ0v) is 13.2. The van der Waals surface area contributed by atoms with Crippen LogP contribution in [0.5, 0.6) is 0 Å². The van der Waals surface area contributed by atoms with Gasteiger partial charge < -0.3 is 20.5 Å². The number of nitrogens with two attached hydrogens (primary N) is 1. The molecule has 120 valence electrons. The summed E-state index contributed by atoms with van der Waals surface area (Å²) < 4.78 is 10.5. The van der Waals surface area contributed by atoms with Crippen molar-refractivity contribution in [1.82, 2.24) is 5.32 Å². The van der Waals surface area contributed by atoms with Gasteiger partial charge in [-0.15, -0.1) is 0 Å². The fourth-order valence-electron chi connectivity index (χ4n) is 1.37. The Balaban J connectivity index is 3.81. The smallest absolute Gasteiger partial charge is 0.251 e. The Hall–Kier alpha value is -1.43. The summed E-state index contributed by atoms with van der Waals surface area (Å²) in [5, 5.41) is 2.80. The molecule has 0 unspecified atom stereocenters. The van der Waals surface area contributed by atoms with Crippen LogP contribution >= 0.6 is 0 Å². The molecule has 0 heterocycles. The van der Waals surface area contributed by atoms with E-state index in [1.807, 2.05) is 19.9 Å². The van der Waals surface area contributed by atoms with E-state index in [-0.39, 0.29) is 5.91 Å². The average molecular weight is 296 g/mol. The summed E-state index contributed by atoms with van der Waals surface area (Å²) in [6.07, 6.45) is 6.29. The van der Waals surface area contributed by atoms with Gasteiger partial charge in [0, 0.05) is 18.7 Å². The number of amides is 1. The van der Waals surface area contributed by atoms with Crippen LogP contribution in [-0.4, -0.2) is 45.4 Å². The standard InChI is InChI=1S/C16H28N2O3/c1-4-14(3)6-7-15(5-2)16(19)18-9-11-21-13-12-20-10-8-17/h5-7H,3-4,8-13,17H2,1-2H3,(H,18,19)/b7-6-,15-5+. The Morgan fingerprint density at radius 3 is 2.43 bits per heavy atom. The number of carbonyl (C=O) groups is 1. The molecule has 5 nitrogen and oxygen atoms in total. The van der Waals surface area contributed by atoms with Gasteiger partial charge in [0.05, 0.1) is 26.4 Å². The Kier molecular flexibility index (Phi) is 12.6. The van der Waals surface area contributed by atoms with Crippen LogP contribution in [0.4, 0.5) is 0 Å². The van der Waals surface area contributed by atoms with Crippen molar-refractivity contribution in [3.63, 3.8) is 0 Å². The SMILES string of the molecule is C=C(/C=C\C(=C/C)C(=O)NCCOCCOCCN)CC. The first-order valence-corrected chi connectivity index (χ1v) is 7.31. The van der Waals surface area contributed by atoms with Crippen molar-refractivity contribution >= 4 is 5.91 Å². The van der Waals surface area contributed by atoms with Gasteiger partial charge in [0.2, 0.25) is 0 Å². The lowest BCUT2D eigenvalue weighted by Gasteiger charge is -2.07. The van der Waals surface area contributed by atoms with Crippen molar-refractivity contribution in [2.24, 2.45) is 5.73 Å². The van der Waals surface area contributed by atoms with E-state index in [9.17, 15) is 4.79 Å². The fourth-order valence-corrected chi connectivity index (χ4v) is 1.37. The highest BCUT2D eigenvalue weighted by Crippen LogP contribution is 2.03. The maximum atomic E-state index is 11.9. The Bertz CT molecular complexity index is 363. The minimum Gasteiger partial charge on any atom is -0.378 e. The van der Waals surface area contributed by atoms with Gasteiger partial charge in [0.25, 0.3) is 5.91 Å². The van der Waals surface area contributed by atoms with Crippen molar-refractivity contribution in [2.75, 3.05) is 39.5 Å². The van der Waals surface area contributed by atoms with Crippen LogP contribution in [0.3, 0.4) is 0 Å². The number of allylic oxidation sites excluding steroid dienone is 3. The van der Waals surface area contributed by atoms with Crippen LogP contribution in [0.2, 0.25) is 0 Å². The van der Waals surface area contributed by atoms with Crippen molar-refractivity contribution in [2.45, 2.75) is 20.3 Å². The van der Waals surface area contributed by atoms with Gasteiger partial charge in [0.1, 0.15) is 0 Å². The van der Waals surface area contributed by atoms with Crippen molar-refractivity contribution < 1.29 is 14.3 Å². The predicted molar refractivity (Wildman–Crippen MR) is 86.0 cm³/mol. The summed E-state index contributed by atoms with van der Waals surface area (Å²) in [6, 6.07) is 0. The molecule has 0 bridgehead atoms. The third kappa shape index (κ3) is 11.0. The van der Waals surface area contributed by atoms with E-state index in [0.717, 1.165) is 12.0 Å². The third-order valence-electron chi connectivity index (χ3n) is 2.69. The first-order chi connectivity index (χ1) is 10.2.